The summed E-state index contributed by atoms with van der Waals surface area (Å²) in [6.45, 7) is 10.8. The molecule has 1 saturated heterocycles. The van der Waals surface area contributed by atoms with Crippen LogP contribution in [-0.2, 0) is 0 Å². The Kier molecular flexibility index (Phi) is 4.33. The molecule has 1 aliphatic heterocycles. The van der Waals surface area contributed by atoms with Crippen molar-refractivity contribution in [2.24, 2.45) is 5.41 Å². The third kappa shape index (κ3) is 2.95. The van der Waals surface area contributed by atoms with Crippen molar-refractivity contribution in [3.63, 3.8) is 0 Å². The molecule has 2 amide bonds. The van der Waals surface area contributed by atoms with Gasteiger partial charge >= 0.3 is 6.03 Å². The third-order valence-electron chi connectivity index (χ3n) is 3.43. The maximum Gasteiger partial charge on any atom is 0.326 e. The lowest BCUT2D eigenvalue weighted by Gasteiger charge is -2.48. The highest BCUT2D eigenvalue weighted by Gasteiger charge is 2.41. The molecule has 0 aromatic heterocycles. The fourth-order valence-electron chi connectivity index (χ4n) is 2.47. The number of amides is 2. The minimum Gasteiger partial charge on any atom is -0.309 e. The largest absolute Gasteiger partial charge is 0.326 e. The van der Waals surface area contributed by atoms with Crippen molar-refractivity contribution in [3.8, 4) is 0 Å². The minimum atomic E-state index is 0.0768. The quantitative estimate of drug-likeness (QED) is 0.806. The van der Waals surface area contributed by atoms with Gasteiger partial charge in [0.05, 0.1) is 11.3 Å². The molecule has 1 aliphatic rings. The van der Waals surface area contributed by atoms with Gasteiger partial charge in [0.2, 0.25) is 0 Å². The number of para-hydroxylation sites is 1. The maximum absolute atomic E-state index is 12.9. The first kappa shape index (κ1) is 15.2. The summed E-state index contributed by atoms with van der Waals surface area (Å²) >= 11 is 1.84. The molecule has 3 nitrogen and oxygen atoms in total. The summed E-state index contributed by atoms with van der Waals surface area (Å²) in [4.78, 5) is 16.7. The summed E-state index contributed by atoms with van der Waals surface area (Å²) < 4.78 is 0. The van der Waals surface area contributed by atoms with E-state index >= 15 is 0 Å². The zero-order chi connectivity index (χ0) is 14.9. The van der Waals surface area contributed by atoms with Crippen LogP contribution in [0.2, 0.25) is 0 Å². The van der Waals surface area contributed by atoms with Gasteiger partial charge < -0.3 is 4.90 Å². The average Bonchev–Trinajstić information content (AvgIpc) is 2.37. The predicted octanol–water partition coefficient (Wildman–Crippen LogP) is 4.40. The second-order valence-electron chi connectivity index (χ2n) is 6.56. The van der Waals surface area contributed by atoms with E-state index in [1.165, 1.54) is 0 Å². The molecule has 20 heavy (non-hydrogen) atoms. The van der Waals surface area contributed by atoms with E-state index in [1.807, 2.05) is 51.9 Å². The van der Waals surface area contributed by atoms with Crippen LogP contribution < -0.4 is 4.90 Å². The molecule has 0 bridgehead atoms. The van der Waals surface area contributed by atoms with E-state index in [0.29, 0.717) is 5.88 Å². The van der Waals surface area contributed by atoms with Gasteiger partial charge in [0.25, 0.3) is 0 Å². The van der Waals surface area contributed by atoms with E-state index in [-0.39, 0.29) is 22.9 Å². The van der Waals surface area contributed by atoms with E-state index < -0.39 is 0 Å². The zero-order valence-corrected chi connectivity index (χ0v) is 13.8. The van der Waals surface area contributed by atoms with E-state index in [1.54, 1.807) is 0 Å². The number of hydrogen-bond acceptors (Lipinski definition) is 2. The Morgan fingerprint density at radius 3 is 2.30 bits per heavy atom. The van der Waals surface area contributed by atoms with Gasteiger partial charge in [0.1, 0.15) is 0 Å². The fourth-order valence-corrected chi connectivity index (χ4v) is 4.02. The number of rotatable bonds is 2. The fraction of sp³-hybridized carbons (Fsp3) is 0.562. The van der Waals surface area contributed by atoms with Crippen LogP contribution in [0.5, 0.6) is 0 Å². The summed E-state index contributed by atoms with van der Waals surface area (Å²) in [5, 5.41) is 0.218. The second-order valence-corrected chi connectivity index (χ2v) is 7.60. The molecule has 0 radical (unpaired) electrons. The minimum absolute atomic E-state index is 0.0768. The maximum atomic E-state index is 12.9. The van der Waals surface area contributed by atoms with Gasteiger partial charge in [-0.25, -0.2) is 4.79 Å². The van der Waals surface area contributed by atoms with Crippen molar-refractivity contribution in [1.29, 1.82) is 0 Å². The van der Waals surface area contributed by atoms with Gasteiger partial charge in [-0.15, -0.1) is 11.8 Å². The van der Waals surface area contributed by atoms with Crippen LogP contribution in [0.3, 0.4) is 0 Å². The van der Waals surface area contributed by atoms with Crippen LogP contribution in [0.4, 0.5) is 10.5 Å². The number of carbonyl (C=O) groups excluding carboxylic acids is 1. The van der Waals surface area contributed by atoms with Gasteiger partial charge in [-0.05, 0) is 31.4 Å². The van der Waals surface area contributed by atoms with Crippen molar-refractivity contribution in [2.75, 3.05) is 10.8 Å². The Labute approximate surface area is 126 Å². The molecule has 0 aliphatic carbocycles. The van der Waals surface area contributed by atoms with Gasteiger partial charge in [-0.2, -0.15) is 0 Å². The summed E-state index contributed by atoms with van der Waals surface area (Å²) in [5.74, 6) is 0.716. The van der Waals surface area contributed by atoms with Crippen LogP contribution >= 0.6 is 11.8 Å². The van der Waals surface area contributed by atoms with E-state index in [4.69, 9.17) is 0 Å². The Morgan fingerprint density at radius 1 is 1.20 bits per heavy atom. The number of carbonyl (C=O) groups is 1. The molecule has 1 aromatic rings. The Balaban J connectivity index is 2.30. The zero-order valence-electron chi connectivity index (χ0n) is 13.0. The standard InChI is InChI=1S/C16H24N2OS/c1-12(2)18-14(16(3,4)5)20-11-17(15(18)19)13-9-7-6-8-10-13/h6-10,12,14H,11H2,1-5H3. The van der Waals surface area contributed by atoms with Crippen LogP contribution in [0.15, 0.2) is 30.3 Å². The molecule has 1 heterocycles. The first-order valence-corrected chi connectivity index (χ1v) is 8.13. The lowest BCUT2D eigenvalue weighted by molar-refractivity contribution is 0.142. The first-order chi connectivity index (χ1) is 9.32. The Morgan fingerprint density at radius 2 is 1.80 bits per heavy atom. The molecule has 1 fully saturated rings. The highest BCUT2D eigenvalue weighted by Crippen LogP contribution is 2.39. The average molecular weight is 292 g/mol. The Hall–Kier alpha value is -1.16. The highest BCUT2D eigenvalue weighted by atomic mass is 32.2. The topological polar surface area (TPSA) is 23.6 Å². The van der Waals surface area contributed by atoms with E-state index in [9.17, 15) is 4.79 Å². The van der Waals surface area contributed by atoms with Crippen LogP contribution in [0, 0.1) is 5.41 Å². The highest BCUT2D eigenvalue weighted by molar-refractivity contribution is 8.00. The van der Waals surface area contributed by atoms with Crippen molar-refractivity contribution in [1.82, 2.24) is 4.90 Å². The van der Waals surface area contributed by atoms with Crippen molar-refractivity contribution in [2.45, 2.75) is 46.0 Å². The van der Waals surface area contributed by atoms with Gasteiger partial charge in [0.15, 0.2) is 0 Å². The normalized spacial score (nSPS) is 20.7. The van der Waals surface area contributed by atoms with Crippen molar-refractivity contribution < 1.29 is 4.79 Å². The molecular weight excluding hydrogens is 268 g/mol. The number of urea groups is 1. The SMILES string of the molecule is CC(C)N1C(=O)N(c2ccccc2)CSC1C(C)(C)C. The number of nitrogens with zero attached hydrogens (tertiary/aromatic N) is 2. The first-order valence-electron chi connectivity index (χ1n) is 7.09. The van der Waals surface area contributed by atoms with Gasteiger partial charge in [-0.1, -0.05) is 39.0 Å². The van der Waals surface area contributed by atoms with Crippen LogP contribution in [0.25, 0.3) is 0 Å². The van der Waals surface area contributed by atoms with E-state index in [0.717, 1.165) is 5.69 Å². The monoisotopic (exact) mass is 292 g/mol. The lowest BCUT2D eigenvalue weighted by Crippen LogP contribution is -2.58. The number of anilines is 1. The molecule has 2 rings (SSSR count). The summed E-state index contributed by atoms with van der Waals surface area (Å²) in [5.41, 5.74) is 1.05. The number of benzene rings is 1. The number of thioether (sulfide) groups is 1. The third-order valence-corrected chi connectivity index (χ3v) is 5.09. The molecule has 1 aromatic carbocycles. The molecule has 4 heteroatoms. The second kappa shape index (κ2) is 5.68. The number of hydrogen-bond donors (Lipinski definition) is 0. The van der Waals surface area contributed by atoms with Crippen LogP contribution in [0.1, 0.15) is 34.6 Å². The summed E-state index contributed by atoms with van der Waals surface area (Å²) in [6.07, 6.45) is 0. The molecular formula is C16H24N2OS. The van der Waals surface area contributed by atoms with Crippen molar-refractivity contribution >= 4 is 23.5 Å². The summed E-state index contributed by atoms with van der Waals surface area (Å²) in [7, 11) is 0. The molecule has 0 saturated carbocycles. The molecule has 0 N–H and O–H groups in total. The molecule has 110 valence electrons. The van der Waals surface area contributed by atoms with Crippen LogP contribution in [-0.4, -0.2) is 28.2 Å². The summed E-state index contributed by atoms with van der Waals surface area (Å²) in [6, 6.07) is 10.2. The Bertz CT molecular complexity index is 467. The molecule has 1 atom stereocenters. The van der Waals surface area contributed by atoms with Crippen molar-refractivity contribution in [3.05, 3.63) is 30.3 Å². The van der Waals surface area contributed by atoms with E-state index in [2.05, 4.69) is 34.6 Å². The lowest BCUT2D eigenvalue weighted by atomic mass is 9.95. The smallest absolute Gasteiger partial charge is 0.309 e. The molecule has 1 unspecified atom stereocenters. The van der Waals surface area contributed by atoms with Gasteiger partial charge in [-0.3, -0.25) is 4.90 Å². The molecule has 0 spiro atoms. The van der Waals surface area contributed by atoms with Gasteiger partial charge in [0, 0.05) is 11.7 Å². The predicted molar refractivity (Wildman–Crippen MR) is 87.0 cm³/mol.